The molecule has 2 aromatic rings. The van der Waals surface area contributed by atoms with E-state index in [1.165, 1.54) is 27.8 Å². The molecule has 0 heterocycles. The zero-order valence-corrected chi connectivity index (χ0v) is 14.8. The molecule has 0 spiro atoms. The van der Waals surface area contributed by atoms with Gasteiger partial charge in [-0.25, -0.2) is 0 Å². The van der Waals surface area contributed by atoms with Gasteiger partial charge in [-0.3, -0.25) is 4.79 Å². The molecule has 2 nitrogen and oxygen atoms in total. The van der Waals surface area contributed by atoms with Crippen molar-refractivity contribution in [2.45, 2.75) is 26.2 Å². The van der Waals surface area contributed by atoms with Gasteiger partial charge in [0.05, 0.1) is 0 Å². The fourth-order valence-electron chi connectivity index (χ4n) is 3.53. The van der Waals surface area contributed by atoms with Crippen LogP contribution in [-0.2, 0) is 12.8 Å². The Balaban J connectivity index is 2.15. The van der Waals surface area contributed by atoms with Crippen molar-refractivity contribution in [2.75, 3.05) is 20.6 Å². The molecule has 0 radical (unpaired) electrons. The summed E-state index contributed by atoms with van der Waals surface area (Å²) in [6.45, 7) is 2.69. The lowest BCUT2D eigenvalue weighted by atomic mass is 9.90. The molecule has 0 atom stereocenters. The summed E-state index contributed by atoms with van der Waals surface area (Å²) in [5.74, 6) is 0.158. The maximum Gasteiger partial charge on any atom is 0.160 e. The van der Waals surface area contributed by atoms with Crippen molar-refractivity contribution >= 4 is 11.4 Å². The number of carbonyl (C=O) groups excluding carboxylic acids is 1. The van der Waals surface area contributed by atoms with Crippen LogP contribution >= 0.6 is 0 Å². The first-order valence-corrected chi connectivity index (χ1v) is 8.64. The molecular formula is C22H25NO. The normalized spacial score (nSPS) is 15.1. The average Bonchev–Trinajstić information content (AvgIpc) is 2.72. The highest BCUT2D eigenvalue weighted by Crippen LogP contribution is 2.35. The number of Topliss-reactive ketones (excluding diaryl/α,β-unsaturated/α-hetero) is 1. The summed E-state index contributed by atoms with van der Waals surface area (Å²) in [4.78, 5) is 14.3. The maximum absolute atomic E-state index is 12.1. The van der Waals surface area contributed by atoms with E-state index < -0.39 is 0 Å². The minimum atomic E-state index is 0.158. The minimum absolute atomic E-state index is 0.158. The quantitative estimate of drug-likeness (QED) is 0.780. The van der Waals surface area contributed by atoms with Crippen molar-refractivity contribution in [3.63, 3.8) is 0 Å². The fourth-order valence-corrected chi connectivity index (χ4v) is 3.53. The third-order valence-corrected chi connectivity index (χ3v) is 4.72. The Labute approximate surface area is 144 Å². The van der Waals surface area contributed by atoms with Crippen molar-refractivity contribution < 1.29 is 4.79 Å². The summed E-state index contributed by atoms with van der Waals surface area (Å²) >= 11 is 0. The van der Waals surface area contributed by atoms with Crippen LogP contribution < -0.4 is 0 Å². The molecule has 2 aromatic carbocycles. The second-order valence-electron chi connectivity index (χ2n) is 6.75. The van der Waals surface area contributed by atoms with Gasteiger partial charge < -0.3 is 4.90 Å². The van der Waals surface area contributed by atoms with E-state index in [0.717, 1.165) is 31.4 Å². The van der Waals surface area contributed by atoms with Crippen LogP contribution in [0.4, 0.5) is 0 Å². The molecule has 0 saturated heterocycles. The van der Waals surface area contributed by atoms with Gasteiger partial charge in [-0.05, 0) is 68.1 Å². The van der Waals surface area contributed by atoms with Crippen LogP contribution in [-0.4, -0.2) is 31.3 Å². The highest BCUT2D eigenvalue weighted by atomic mass is 16.1. The van der Waals surface area contributed by atoms with E-state index >= 15 is 0 Å². The number of rotatable bonds is 4. The van der Waals surface area contributed by atoms with Crippen LogP contribution in [0.25, 0.3) is 5.57 Å². The zero-order valence-electron chi connectivity index (χ0n) is 14.8. The Kier molecular flexibility index (Phi) is 4.96. The van der Waals surface area contributed by atoms with Gasteiger partial charge in [-0.15, -0.1) is 0 Å². The summed E-state index contributed by atoms with van der Waals surface area (Å²) in [5.41, 5.74) is 7.28. The van der Waals surface area contributed by atoms with Crippen LogP contribution in [0.15, 0.2) is 48.5 Å². The first-order chi connectivity index (χ1) is 11.6. The Hall–Kier alpha value is -2.19. The summed E-state index contributed by atoms with van der Waals surface area (Å²) < 4.78 is 0. The topological polar surface area (TPSA) is 20.3 Å². The Morgan fingerprint density at radius 3 is 2.54 bits per heavy atom. The molecule has 1 aliphatic rings. The number of benzene rings is 2. The number of hydrogen-bond donors (Lipinski definition) is 0. The molecule has 124 valence electrons. The molecule has 0 aromatic heterocycles. The van der Waals surface area contributed by atoms with E-state index in [1.54, 1.807) is 6.92 Å². The monoisotopic (exact) mass is 319 g/mol. The summed E-state index contributed by atoms with van der Waals surface area (Å²) in [5, 5.41) is 0. The Morgan fingerprint density at radius 2 is 1.79 bits per heavy atom. The maximum atomic E-state index is 12.1. The number of carbonyl (C=O) groups is 1. The number of nitrogens with zero attached hydrogens (tertiary/aromatic N) is 1. The summed E-state index contributed by atoms with van der Waals surface area (Å²) in [7, 11) is 4.20. The molecule has 0 N–H and O–H groups in total. The van der Waals surface area contributed by atoms with Gasteiger partial charge in [0, 0.05) is 12.1 Å². The number of ketones is 1. The van der Waals surface area contributed by atoms with E-state index in [9.17, 15) is 4.79 Å². The first kappa shape index (κ1) is 16.7. The van der Waals surface area contributed by atoms with Gasteiger partial charge in [0.1, 0.15) is 0 Å². The summed E-state index contributed by atoms with van der Waals surface area (Å²) in [6.07, 6.45) is 5.25. The molecule has 1 aliphatic carbocycles. The number of hydrogen-bond acceptors (Lipinski definition) is 2. The van der Waals surface area contributed by atoms with Gasteiger partial charge in [-0.2, -0.15) is 0 Å². The van der Waals surface area contributed by atoms with E-state index in [1.807, 2.05) is 12.1 Å². The van der Waals surface area contributed by atoms with Gasteiger partial charge in [0.15, 0.2) is 5.78 Å². The number of fused-ring (bicyclic) bond motifs is 2. The second-order valence-corrected chi connectivity index (χ2v) is 6.75. The molecule has 3 rings (SSSR count). The third-order valence-electron chi connectivity index (χ3n) is 4.72. The van der Waals surface area contributed by atoms with Crippen molar-refractivity contribution in [3.8, 4) is 0 Å². The standard InChI is InChI=1S/C22H25NO/c1-16(24)18-10-6-11-21-20(12-7-15-23(2)3)19-9-5-4-8-17(19)13-14-22(18)21/h4-6,8-12H,7,13-15H2,1-3H3. The highest BCUT2D eigenvalue weighted by Gasteiger charge is 2.20. The van der Waals surface area contributed by atoms with E-state index in [4.69, 9.17) is 0 Å². The molecule has 0 amide bonds. The van der Waals surface area contributed by atoms with E-state index in [2.05, 4.69) is 55.4 Å². The molecule has 24 heavy (non-hydrogen) atoms. The van der Waals surface area contributed by atoms with E-state index in [-0.39, 0.29) is 5.78 Å². The zero-order chi connectivity index (χ0) is 17.1. The van der Waals surface area contributed by atoms with Gasteiger partial charge in [-0.1, -0.05) is 48.5 Å². The lowest BCUT2D eigenvalue weighted by molar-refractivity contribution is 0.101. The smallest absolute Gasteiger partial charge is 0.160 e. The SMILES string of the molecule is CC(=O)c1cccc2c1CCc1ccccc1C2=CCCN(C)C. The average molecular weight is 319 g/mol. The van der Waals surface area contributed by atoms with Crippen LogP contribution in [0.3, 0.4) is 0 Å². The van der Waals surface area contributed by atoms with Gasteiger partial charge in [0.25, 0.3) is 0 Å². The largest absolute Gasteiger partial charge is 0.309 e. The lowest BCUT2D eigenvalue weighted by Crippen LogP contribution is -2.12. The molecule has 0 unspecified atom stereocenters. The van der Waals surface area contributed by atoms with Crippen molar-refractivity contribution in [1.82, 2.24) is 4.90 Å². The van der Waals surface area contributed by atoms with E-state index in [0.29, 0.717) is 0 Å². The Bertz CT molecular complexity index is 786. The minimum Gasteiger partial charge on any atom is -0.309 e. The third kappa shape index (κ3) is 3.34. The van der Waals surface area contributed by atoms with Gasteiger partial charge in [0.2, 0.25) is 0 Å². The molecule has 0 bridgehead atoms. The van der Waals surface area contributed by atoms with Crippen molar-refractivity contribution in [3.05, 3.63) is 76.4 Å². The summed E-state index contributed by atoms with van der Waals surface area (Å²) in [6, 6.07) is 14.8. The fraction of sp³-hybridized carbons (Fsp3) is 0.318. The first-order valence-electron chi connectivity index (χ1n) is 8.64. The Morgan fingerprint density at radius 1 is 1.04 bits per heavy atom. The van der Waals surface area contributed by atoms with Crippen LogP contribution in [0, 0.1) is 0 Å². The lowest BCUT2D eigenvalue weighted by Gasteiger charge is -2.15. The van der Waals surface area contributed by atoms with Crippen molar-refractivity contribution in [2.24, 2.45) is 0 Å². The molecule has 2 heteroatoms. The number of aryl methyl sites for hydroxylation is 1. The molecule has 0 fully saturated rings. The second kappa shape index (κ2) is 7.14. The van der Waals surface area contributed by atoms with Crippen LogP contribution in [0.1, 0.15) is 46.0 Å². The highest BCUT2D eigenvalue weighted by molar-refractivity contribution is 5.98. The molecule has 0 saturated carbocycles. The predicted molar refractivity (Wildman–Crippen MR) is 101 cm³/mol. The van der Waals surface area contributed by atoms with Crippen LogP contribution in [0.5, 0.6) is 0 Å². The predicted octanol–water partition coefficient (Wildman–Crippen LogP) is 4.37. The molecule has 0 aliphatic heterocycles. The van der Waals surface area contributed by atoms with Crippen molar-refractivity contribution in [1.29, 1.82) is 0 Å². The molecular weight excluding hydrogens is 294 g/mol. The van der Waals surface area contributed by atoms with Crippen LogP contribution in [0.2, 0.25) is 0 Å². The van der Waals surface area contributed by atoms with Gasteiger partial charge >= 0.3 is 0 Å².